The van der Waals surface area contributed by atoms with Gasteiger partial charge in [0.05, 0.1) is 19.3 Å². The number of hydrogen-bond donors (Lipinski definition) is 2. The van der Waals surface area contributed by atoms with Crippen molar-refractivity contribution in [3.05, 3.63) is 0 Å². The molecule has 3 nitrogen and oxygen atoms in total. The van der Waals surface area contributed by atoms with Gasteiger partial charge in [-0.2, -0.15) is 0 Å². The summed E-state index contributed by atoms with van der Waals surface area (Å²) < 4.78 is 5.40. The summed E-state index contributed by atoms with van der Waals surface area (Å²) in [4.78, 5) is 0. The molecule has 2 N–H and O–H groups in total. The molecule has 0 saturated heterocycles. The zero-order chi connectivity index (χ0) is 10.9. The van der Waals surface area contributed by atoms with Crippen LogP contribution in [0.1, 0.15) is 39.0 Å². The fourth-order valence-electron chi connectivity index (χ4n) is 2.24. The second-order valence-electron chi connectivity index (χ2n) is 4.47. The van der Waals surface area contributed by atoms with E-state index in [0.717, 1.165) is 25.4 Å². The Balaban J connectivity index is 1.91. The van der Waals surface area contributed by atoms with Gasteiger partial charge in [-0.3, -0.25) is 0 Å². The summed E-state index contributed by atoms with van der Waals surface area (Å²) >= 11 is 0. The number of aliphatic hydroxyl groups is 1. The minimum atomic E-state index is -0.255. The smallest absolute Gasteiger partial charge is 0.0776 e. The van der Waals surface area contributed by atoms with E-state index in [0.29, 0.717) is 13.2 Å². The van der Waals surface area contributed by atoms with Crippen molar-refractivity contribution in [1.29, 1.82) is 0 Å². The van der Waals surface area contributed by atoms with Gasteiger partial charge in [-0.25, -0.2) is 0 Å². The molecule has 0 heterocycles. The molecule has 0 aromatic carbocycles. The molecule has 90 valence electrons. The van der Waals surface area contributed by atoms with E-state index in [9.17, 15) is 5.11 Å². The molecular weight excluding hydrogens is 190 g/mol. The number of likely N-dealkylation sites (N-methyl/N-ethyl adjacent to an activating group) is 1. The maximum atomic E-state index is 9.72. The number of hydrogen-bond acceptors (Lipinski definition) is 3. The van der Waals surface area contributed by atoms with Gasteiger partial charge in [0.15, 0.2) is 0 Å². The van der Waals surface area contributed by atoms with E-state index in [4.69, 9.17) is 4.74 Å². The van der Waals surface area contributed by atoms with Crippen molar-refractivity contribution >= 4 is 0 Å². The third kappa shape index (κ3) is 6.13. The molecule has 15 heavy (non-hydrogen) atoms. The van der Waals surface area contributed by atoms with E-state index in [1.807, 2.05) is 0 Å². The summed E-state index contributed by atoms with van der Waals surface area (Å²) in [5.41, 5.74) is 0. The van der Waals surface area contributed by atoms with Crippen molar-refractivity contribution in [2.45, 2.75) is 45.1 Å². The van der Waals surface area contributed by atoms with Crippen LogP contribution < -0.4 is 5.32 Å². The highest BCUT2D eigenvalue weighted by atomic mass is 16.5. The van der Waals surface area contributed by atoms with Crippen LogP contribution in [0.4, 0.5) is 0 Å². The lowest BCUT2D eigenvalue weighted by molar-refractivity contribution is 0.0258. The highest BCUT2D eigenvalue weighted by Crippen LogP contribution is 2.28. The summed E-state index contributed by atoms with van der Waals surface area (Å²) in [5, 5.41) is 12.9. The first-order valence-electron chi connectivity index (χ1n) is 6.29. The Labute approximate surface area is 93.2 Å². The zero-order valence-electron chi connectivity index (χ0n) is 9.87. The molecule has 1 rings (SSSR count). The summed E-state index contributed by atoms with van der Waals surface area (Å²) in [6, 6.07) is 0. The molecule has 0 amide bonds. The van der Waals surface area contributed by atoms with Crippen LogP contribution in [0, 0.1) is 5.92 Å². The monoisotopic (exact) mass is 215 g/mol. The van der Waals surface area contributed by atoms with Crippen LogP contribution in [0.15, 0.2) is 0 Å². The highest BCUT2D eigenvalue weighted by molar-refractivity contribution is 4.70. The lowest BCUT2D eigenvalue weighted by Gasteiger charge is -2.15. The standard InChI is InChI=1S/C12H25NO2/c1-2-13-7-8-15-10-12(14)9-11-5-3-4-6-11/h11-14H,2-10H2,1H3. The largest absolute Gasteiger partial charge is 0.391 e. The minimum Gasteiger partial charge on any atom is -0.391 e. The minimum absolute atomic E-state index is 0.255. The number of ether oxygens (including phenoxy) is 1. The molecule has 1 atom stereocenters. The maximum absolute atomic E-state index is 9.72. The Morgan fingerprint density at radius 3 is 2.80 bits per heavy atom. The van der Waals surface area contributed by atoms with E-state index in [1.165, 1.54) is 25.7 Å². The molecule has 1 aliphatic rings. The lowest BCUT2D eigenvalue weighted by Crippen LogP contribution is -2.23. The van der Waals surface area contributed by atoms with Gasteiger partial charge in [-0.1, -0.05) is 32.6 Å². The fourth-order valence-corrected chi connectivity index (χ4v) is 2.24. The SMILES string of the molecule is CCNCCOCC(O)CC1CCCC1. The van der Waals surface area contributed by atoms with Gasteiger partial charge >= 0.3 is 0 Å². The first-order chi connectivity index (χ1) is 7.33. The molecule has 1 fully saturated rings. The molecule has 0 aromatic rings. The number of nitrogens with one attached hydrogen (secondary N) is 1. The first-order valence-corrected chi connectivity index (χ1v) is 6.29. The van der Waals surface area contributed by atoms with Gasteiger partial charge in [0.2, 0.25) is 0 Å². The normalized spacial score (nSPS) is 19.6. The van der Waals surface area contributed by atoms with Crippen molar-refractivity contribution in [2.24, 2.45) is 5.92 Å². The van der Waals surface area contributed by atoms with Crippen LogP contribution in [0.2, 0.25) is 0 Å². The van der Waals surface area contributed by atoms with Crippen molar-refractivity contribution in [3.63, 3.8) is 0 Å². The first kappa shape index (κ1) is 12.9. The van der Waals surface area contributed by atoms with Crippen LogP contribution in [-0.4, -0.2) is 37.5 Å². The van der Waals surface area contributed by atoms with Crippen molar-refractivity contribution in [3.8, 4) is 0 Å². The van der Waals surface area contributed by atoms with Gasteiger partial charge < -0.3 is 15.2 Å². The van der Waals surface area contributed by atoms with E-state index in [2.05, 4.69) is 12.2 Å². The second kappa shape index (κ2) is 8.08. The quantitative estimate of drug-likeness (QED) is 0.604. The molecule has 0 spiro atoms. The van der Waals surface area contributed by atoms with E-state index >= 15 is 0 Å². The molecule has 0 aliphatic heterocycles. The average Bonchev–Trinajstić information content (AvgIpc) is 2.70. The molecule has 1 aliphatic carbocycles. The van der Waals surface area contributed by atoms with E-state index in [1.54, 1.807) is 0 Å². The third-order valence-corrected chi connectivity index (χ3v) is 3.06. The predicted octanol–water partition coefficient (Wildman–Crippen LogP) is 1.55. The molecule has 0 aromatic heterocycles. The van der Waals surface area contributed by atoms with Gasteiger partial charge in [0.25, 0.3) is 0 Å². The van der Waals surface area contributed by atoms with E-state index < -0.39 is 0 Å². The predicted molar refractivity (Wildman–Crippen MR) is 61.9 cm³/mol. The number of rotatable bonds is 8. The molecule has 0 radical (unpaired) electrons. The van der Waals surface area contributed by atoms with Gasteiger partial charge in [-0.15, -0.1) is 0 Å². The van der Waals surface area contributed by atoms with Crippen molar-refractivity contribution in [2.75, 3.05) is 26.3 Å². The fraction of sp³-hybridized carbons (Fsp3) is 1.00. The molecule has 1 saturated carbocycles. The molecule has 3 heteroatoms. The van der Waals surface area contributed by atoms with Crippen molar-refractivity contribution < 1.29 is 9.84 Å². The lowest BCUT2D eigenvalue weighted by atomic mass is 10.0. The average molecular weight is 215 g/mol. The van der Waals surface area contributed by atoms with E-state index in [-0.39, 0.29) is 6.10 Å². The second-order valence-corrected chi connectivity index (χ2v) is 4.47. The Kier molecular flexibility index (Phi) is 6.98. The Bertz CT molecular complexity index is 147. The third-order valence-electron chi connectivity index (χ3n) is 3.06. The Morgan fingerprint density at radius 1 is 1.40 bits per heavy atom. The summed E-state index contributed by atoms with van der Waals surface area (Å²) in [6.45, 7) is 5.15. The summed E-state index contributed by atoms with van der Waals surface area (Å²) in [5.74, 6) is 0.748. The van der Waals surface area contributed by atoms with Crippen LogP contribution in [-0.2, 0) is 4.74 Å². The summed E-state index contributed by atoms with van der Waals surface area (Å²) in [7, 11) is 0. The number of aliphatic hydroxyl groups excluding tert-OH is 1. The highest BCUT2D eigenvalue weighted by Gasteiger charge is 2.18. The van der Waals surface area contributed by atoms with Crippen LogP contribution >= 0.6 is 0 Å². The molecule has 0 bridgehead atoms. The van der Waals surface area contributed by atoms with Crippen LogP contribution in [0.3, 0.4) is 0 Å². The molecule has 1 unspecified atom stereocenters. The maximum Gasteiger partial charge on any atom is 0.0776 e. The topological polar surface area (TPSA) is 41.5 Å². The van der Waals surface area contributed by atoms with Gasteiger partial charge in [-0.05, 0) is 18.9 Å². The van der Waals surface area contributed by atoms with Gasteiger partial charge in [0.1, 0.15) is 0 Å². The Hall–Kier alpha value is -0.120. The zero-order valence-corrected chi connectivity index (χ0v) is 9.87. The Morgan fingerprint density at radius 2 is 2.13 bits per heavy atom. The van der Waals surface area contributed by atoms with Crippen LogP contribution in [0.5, 0.6) is 0 Å². The van der Waals surface area contributed by atoms with Gasteiger partial charge in [0, 0.05) is 6.54 Å². The summed E-state index contributed by atoms with van der Waals surface area (Å²) in [6.07, 6.45) is 5.97. The van der Waals surface area contributed by atoms with Crippen LogP contribution in [0.25, 0.3) is 0 Å². The molecular formula is C12H25NO2. The van der Waals surface area contributed by atoms with Crippen molar-refractivity contribution in [1.82, 2.24) is 5.32 Å².